The summed E-state index contributed by atoms with van der Waals surface area (Å²) in [4.78, 5) is 0. The topological polar surface area (TPSA) is 9.23 Å². The van der Waals surface area contributed by atoms with Crippen LogP contribution >= 0.6 is 0 Å². The Hall–Kier alpha value is -0.0400. The van der Waals surface area contributed by atoms with Crippen LogP contribution in [0.3, 0.4) is 0 Å². The minimum atomic E-state index is 0.863. The summed E-state index contributed by atoms with van der Waals surface area (Å²) in [5.74, 6) is 3.97. The first-order valence-corrected chi connectivity index (χ1v) is 8.27. The molecule has 2 saturated carbocycles. The normalized spacial score (nSPS) is 37.7. The van der Waals surface area contributed by atoms with Gasteiger partial charge in [-0.05, 0) is 36.5 Å². The van der Waals surface area contributed by atoms with E-state index >= 15 is 0 Å². The summed E-state index contributed by atoms with van der Waals surface area (Å²) in [6.07, 6.45) is 14.8. The van der Waals surface area contributed by atoms with E-state index in [-0.39, 0.29) is 0 Å². The Morgan fingerprint density at radius 3 is 1.67 bits per heavy atom. The van der Waals surface area contributed by atoms with Crippen molar-refractivity contribution in [3.8, 4) is 0 Å². The standard InChI is InChI=1S/C17H32O/c1-14-3-5-15(6-4-14)7-8-16-9-11-17(12-10-16)13-18-2/h14-17H,3-13H2,1-2H3. The average molecular weight is 252 g/mol. The lowest BCUT2D eigenvalue weighted by Gasteiger charge is -2.31. The Kier molecular flexibility index (Phi) is 6.01. The van der Waals surface area contributed by atoms with Crippen LogP contribution in [0, 0.1) is 23.7 Å². The molecule has 0 unspecified atom stereocenters. The maximum atomic E-state index is 5.28. The molecule has 1 heteroatoms. The van der Waals surface area contributed by atoms with Crippen molar-refractivity contribution >= 4 is 0 Å². The first-order chi connectivity index (χ1) is 8.78. The predicted octanol–water partition coefficient (Wildman–Crippen LogP) is 5.05. The van der Waals surface area contributed by atoms with Crippen molar-refractivity contribution in [3.63, 3.8) is 0 Å². The lowest BCUT2D eigenvalue weighted by atomic mass is 9.76. The lowest BCUT2D eigenvalue weighted by molar-refractivity contribution is 0.115. The number of ether oxygens (including phenoxy) is 1. The minimum absolute atomic E-state index is 0.863. The van der Waals surface area contributed by atoms with Gasteiger partial charge in [0.15, 0.2) is 0 Å². The van der Waals surface area contributed by atoms with Crippen molar-refractivity contribution in [1.82, 2.24) is 0 Å². The van der Waals surface area contributed by atoms with Crippen LogP contribution in [0.1, 0.15) is 71.1 Å². The number of hydrogen-bond acceptors (Lipinski definition) is 1. The highest BCUT2D eigenvalue weighted by Crippen LogP contribution is 2.36. The van der Waals surface area contributed by atoms with E-state index in [1.54, 1.807) is 0 Å². The van der Waals surface area contributed by atoms with Crippen LogP contribution < -0.4 is 0 Å². The summed E-state index contributed by atoms with van der Waals surface area (Å²) in [6, 6.07) is 0. The van der Waals surface area contributed by atoms with Gasteiger partial charge in [-0.1, -0.05) is 58.3 Å². The maximum Gasteiger partial charge on any atom is 0.0490 e. The fourth-order valence-electron chi connectivity index (χ4n) is 4.01. The molecule has 2 aliphatic rings. The van der Waals surface area contributed by atoms with E-state index in [9.17, 15) is 0 Å². The average Bonchev–Trinajstić information content (AvgIpc) is 2.40. The number of rotatable bonds is 5. The summed E-state index contributed by atoms with van der Waals surface area (Å²) in [7, 11) is 1.84. The van der Waals surface area contributed by atoms with Gasteiger partial charge in [0, 0.05) is 13.7 Å². The van der Waals surface area contributed by atoms with Gasteiger partial charge in [0.05, 0.1) is 0 Å². The van der Waals surface area contributed by atoms with Crippen LogP contribution in [0.5, 0.6) is 0 Å². The van der Waals surface area contributed by atoms with E-state index in [0.717, 1.165) is 30.3 Å². The van der Waals surface area contributed by atoms with Gasteiger partial charge in [-0.2, -0.15) is 0 Å². The molecule has 18 heavy (non-hydrogen) atoms. The van der Waals surface area contributed by atoms with E-state index in [4.69, 9.17) is 4.74 Å². The Balaban J connectivity index is 1.57. The third-order valence-corrected chi connectivity index (χ3v) is 5.49. The largest absolute Gasteiger partial charge is 0.384 e. The molecular weight excluding hydrogens is 220 g/mol. The Morgan fingerprint density at radius 1 is 0.722 bits per heavy atom. The molecule has 0 aromatic rings. The van der Waals surface area contributed by atoms with Crippen molar-refractivity contribution in [1.29, 1.82) is 0 Å². The molecule has 0 aliphatic heterocycles. The van der Waals surface area contributed by atoms with Gasteiger partial charge in [0.2, 0.25) is 0 Å². The van der Waals surface area contributed by atoms with Crippen LogP contribution in [0.2, 0.25) is 0 Å². The second-order valence-electron chi connectivity index (χ2n) is 7.05. The predicted molar refractivity (Wildman–Crippen MR) is 77.7 cm³/mol. The molecule has 0 heterocycles. The summed E-state index contributed by atoms with van der Waals surface area (Å²) < 4.78 is 5.28. The van der Waals surface area contributed by atoms with Crippen molar-refractivity contribution in [2.24, 2.45) is 23.7 Å². The smallest absolute Gasteiger partial charge is 0.0490 e. The third-order valence-electron chi connectivity index (χ3n) is 5.49. The number of methoxy groups -OCH3 is 1. The molecule has 0 saturated heterocycles. The van der Waals surface area contributed by atoms with Gasteiger partial charge >= 0.3 is 0 Å². The van der Waals surface area contributed by atoms with E-state index in [0.29, 0.717) is 0 Å². The monoisotopic (exact) mass is 252 g/mol. The summed E-state index contributed by atoms with van der Waals surface area (Å²) in [5.41, 5.74) is 0. The second-order valence-corrected chi connectivity index (χ2v) is 7.05. The van der Waals surface area contributed by atoms with Crippen LogP contribution in [-0.4, -0.2) is 13.7 Å². The SMILES string of the molecule is COCC1CCC(CCC2CCC(C)CC2)CC1. The van der Waals surface area contributed by atoms with E-state index in [1.807, 2.05) is 7.11 Å². The molecule has 0 atom stereocenters. The Labute approximate surface area is 114 Å². The van der Waals surface area contributed by atoms with E-state index in [1.165, 1.54) is 64.2 Å². The maximum absolute atomic E-state index is 5.28. The zero-order valence-electron chi connectivity index (χ0n) is 12.5. The van der Waals surface area contributed by atoms with E-state index in [2.05, 4.69) is 6.92 Å². The fraction of sp³-hybridized carbons (Fsp3) is 1.00. The highest BCUT2D eigenvalue weighted by atomic mass is 16.5. The van der Waals surface area contributed by atoms with Gasteiger partial charge in [-0.15, -0.1) is 0 Å². The third kappa shape index (κ3) is 4.57. The molecule has 0 bridgehead atoms. The van der Waals surface area contributed by atoms with Crippen LogP contribution in [0.25, 0.3) is 0 Å². The zero-order chi connectivity index (χ0) is 12.8. The molecule has 0 aromatic heterocycles. The first kappa shape index (κ1) is 14.4. The Morgan fingerprint density at radius 2 is 1.17 bits per heavy atom. The molecule has 2 aliphatic carbocycles. The van der Waals surface area contributed by atoms with Crippen LogP contribution in [0.15, 0.2) is 0 Å². The second kappa shape index (κ2) is 7.53. The molecule has 0 radical (unpaired) electrons. The summed E-state index contributed by atoms with van der Waals surface area (Å²) in [5, 5.41) is 0. The molecule has 2 fully saturated rings. The molecular formula is C17H32O. The highest BCUT2D eigenvalue weighted by molar-refractivity contribution is 4.75. The molecule has 0 spiro atoms. The minimum Gasteiger partial charge on any atom is -0.384 e. The first-order valence-electron chi connectivity index (χ1n) is 8.27. The van der Waals surface area contributed by atoms with Gasteiger partial charge in [-0.25, -0.2) is 0 Å². The highest BCUT2D eigenvalue weighted by Gasteiger charge is 2.23. The summed E-state index contributed by atoms with van der Waals surface area (Å²) >= 11 is 0. The lowest BCUT2D eigenvalue weighted by Crippen LogP contribution is -2.19. The molecule has 106 valence electrons. The van der Waals surface area contributed by atoms with Crippen molar-refractivity contribution < 1.29 is 4.74 Å². The van der Waals surface area contributed by atoms with Crippen LogP contribution in [0.4, 0.5) is 0 Å². The van der Waals surface area contributed by atoms with Crippen LogP contribution in [-0.2, 0) is 4.74 Å². The fourth-order valence-corrected chi connectivity index (χ4v) is 4.01. The quantitative estimate of drug-likeness (QED) is 0.665. The van der Waals surface area contributed by atoms with Crippen molar-refractivity contribution in [2.75, 3.05) is 13.7 Å². The van der Waals surface area contributed by atoms with E-state index < -0.39 is 0 Å². The molecule has 1 nitrogen and oxygen atoms in total. The van der Waals surface area contributed by atoms with Gasteiger partial charge in [-0.3, -0.25) is 0 Å². The van der Waals surface area contributed by atoms with Gasteiger partial charge in [0.25, 0.3) is 0 Å². The van der Waals surface area contributed by atoms with Gasteiger partial charge < -0.3 is 4.74 Å². The van der Waals surface area contributed by atoms with Gasteiger partial charge in [0.1, 0.15) is 0 Å². The number of hydrogen-bond donors (Lipinski definition) is 0. The molecule has 0 N–H and O–H groups in total. The van der Waals surface area contributed by atoms with Crippen molar-refractivity contribution in [3.05, 3.63) is 0 Å². The summed E-state index contributed by atoms with van der Waals surface area (Å²) in [6.45, 7) is 3.42. The molecule has 2 rings (SSSR count). The molecule has 0 aromatic carbocycles. The molecule has 0 amide bonds. The Bertz CT molecular complexity index is 210. The zero-order valence-corrected chi connectivity index (χ0v) is 12.5. The van der Waals surface area contributed by atoms with Crippen molar-refractivity contribution in [2.45, 2.75) is 71.1 Å².